The highest BCUT2D eigenvalue weighted by molar-refractivity contribution is 5.39. The molecule has 3 nitrogen and oxygen atoms in total. The SMILES string of the molecule is CC.Cc1ccnc(NC(C)c2ccc(F)cn2)c1. The first-order valence-electron chi connectivity index (χ1n) is 6.46. The van der Waals surface area contributed by atoms with Gasteiger partial charge in [0.15, 0.2) is 0 Å². The minimum atomic E-state index is -0.324. The van der Waals surface area contributed by atoms with Crippen molar-refractivity contribution in [3.8, 4) is 0 Å². The van der Waals surface area contributed by atoms with Crippen LogP contribution in [0.2, 0.25) is 0 Å². The molecule has 1 N–H and O–H groups in total. The van der Waals surface area contributed by atoms with Crippen molar-refractivity contribution in [1.29, 1.82) is 0 Å². The lowest BCUT2D eigenvalue weighted by atomic mass is 10.2. The van der Waals surface area contributed by atoms with E-state index in [1.807, 2.05) is 39.8 Å². The Labute approximate surface area is 113 Å². The number of nitrogens with one attached hydrogen (secondary N) is 1. The third kappa shape index (κ3) is 4.66. The molecule has 0 radical (unpaired) electrons. The normalized spacial score (nSPS) is 11.2. The highest BCUT2D eigenvalue weighted by Gasteiger charge is 2.07. The average molecular weight is 261 g/mol. The Morgan fingerprint density at radius 3 is 2.47 bits per heavy atom. The highest BCUT2D eigenvalue weighted by Crippen LogP contribution is 2.16. The summed E-state index contributed by atoms with van der Waals surface area (Å²) in [7, 11) is 0. The zero-order valence-electron chi connectivity index (χ0n) is 11.8. The van der Waals surface area contributed by atoms with Gasteiger partial charge in [0.2, 0.25) is 0 Å². The molecule has 0 saturated heterocycles. The van der Waals surface area contributed by atoms with Gasteiger partial charge in [0.05, 0.1) is 17.9 Å². The van der Waals surface area contributed by atoms with Crippen molar-refractivity contribution in [3.63, 3.8) is 0 Å². The molecule has 4 heteroatoms. The minimum absolute atomic E-state index is 0.00935. The Balaban J connectivity index is 0.000000861. The van der Waals surface area contributed by atoms with Gasteiger partial charge in [-0.15, -0.1) is 0 Å². The smallest absolute Gasteiger partial charge is 0.141 e. The summed E-state index contributed by atoms with van der Waals surface area (Å²) in [4.78, 5) is 8.24. The van der Waals surface area contributed by atoms with Crippen molar-refractivity contribution < 1.29 is 4.39 Å². The molecule has 0 amide bonds. The zero-order valence-corrected chi connectivity index (χ0v) is 11.8. The topological polar surface area (TPSA) is 37.8 Å². The molecule has 2 aromatic rings. The Bertz CT molecular complexity index is 497. The number of rotatable bonds is 3. The van der Waals surface area contributed by atoms with Crippen molar-refractivity contribution in [1.82, 2.24) is 9.97 Å². The van der Waals surface area contributed by atoms with Crippen LogP contribution in [-0.4, -0.2) is 9.97 Å². The Morgan fingerprint density at radius 1 is 1.16 bits per heavy atom. The molecule has 0 fully saturated rings. The van der Waals surface area contributed by atoms with E-state index in [1.54, 1.807) is 12.3 Å². The summed E-state index contributed by atoms with van der Waals surface area (Å²) in [5.74, 6) is 0.471. The Morgan fingerprint density at radius 2 is 1.89 bits per heavy atom. The molecule has 0 aromatic carbocycles. The molecule has 2 aromatic heterocycles. The van der Waals surface area contributed by atoms with E-state index >= 15 is 0 Å². The molecule has 0 spiro atoms. The molecule has 1 atom stereocenters. The fraction of sp³-hybridized carbons (Fsp3) is 0.333. The second-order valence-electron chi connectivity index (χ2n) is 3.99. The fourth-order valence-electron chi connectivity index (χ4n) is 1.55. The summed E-state index contributed by atoms with van der Waals surface area (Å²) in [5, 5.41) is 3.22. The molecular formula is C15H20FN3. The maximum absolute atomic E-state index is 12.7. The van der Waals surface area contributed by atoms with Crippen LogP contribution in [0.1, 0.15) is 38.1 Å². The van der Waals surface area contributed by atoms with E-state index in [1.165, 1.54) is 12.3 Å². The van der Waals surface area contributed by atoms with Crippen LogP contribution < -0.4 is 5.32 Å². The summed E-state index contributed by atoms with van der Waals surface area (Å²) in [6, 6.07) is 6.96. The van der Waals surface area contributed by atoms with Crippen LogP contribution in [0.3, 0.4) is 0 Å². The van der Waals surface area contributed by atoms with Gasteiger partial charge in [-0.25, -0.2) is 9.37 Å². The van der Waals surface area contributed by atoms with Crippen LogP contribution in [0, 0.1) is 12.7 Å². The van der Waals surface area contributed by atoms with Gasteiger partial charge < -0.3 is 5.32 Å². The van der Waals surface area contributed by atoms with Crippen LogP contribution in [0.5, 0.6) is 0 Å². The number of aryl methyl sites for hydroxylation is 1. The van der Waals surface area contributed by atoms with Crippen LogP contribution >= 0.6 is 0 Å². The monoisotopic (exact) mass is 261 g/mol. The third-order valence-electron chi connectivity index (χ3n) is 2.47. The lowest BCUT2D eigenvalue weighted by Crippen LogP contribution is -2.09. The van der Waals surface area contributed by atoms with Crippen molar-refractivity contribution >= 4 is 5.82 Å². The molecule has 0 aliphatic carbocycles. The van der Waals surface area contributed by atoms with E-state index in [-0.39, 0.29) is 11.9 Å². The molecule has 2 rings (SSSR count). The van der Waals surface area contributed by atoms with Crippen LogP contribution in [0.25, 0.3) is 0 Å². The summed E-state index contributed by atoms with van der Waals surface area (Å²) in [6.07, 6.45) is 2.97. The number of anilines is 1. The number of halogens is 1. The van der Waals surface area contributed by atoms with Crippen molar-refractivity contribution in [2.75, 3.05) is 5.32 Å². The van der Waals surface area contributed by atoms with E-state index < -0.39 is 0 Å². The van der Waals surface area contributed by atoms with E-state index in [4.69, 9.17) is 0 Å². The van der Waals surface area contributed by atoms with Gasteiger partial charge in [0, 0.05) is 6.20 Å². The first kappa shape index (κ1) is 15.1. The number of aromatic nitrogens is 2. The highest BCUT2D eigenvalue weighted by atomic mass is 19.1. The Kier molecular flexibility index (Phi) is 5.93. The number of hydrogen-bond donors (Lipinski definition) is 1. The molecule has 19 heavy (non-hydrogen) atoms. The van der Waals surface area contributed by atoms with Crippen molar-refractivity contribution in [3.05, 3.63) is 53.7 Å². The van der Waals surface area contributed by atoms with Gasteiger partial charge in [-0.05, 0) is 43.7 Å². The van der Waals surface area contributed by atoms with Gasteiger partial charge in [-0.2, -0.15) is 0 Å². The van der Waals surface area contributed by atoms with Gasteiger partial charge in [0.1, 0.15) is 11.6 Å². The first-order valence-corrected chi connectivity index (χ1v) is 6.46. The quantitative estimate of drug-likeness (QED) is 0.903. The molecule has 0 aliphatic heterocycles. The van der Waals surface area contributed by atoms with E-state index in [9.17, 15) is 4.39 Å². The molecule has 0 aliphatic rings. The molecule has 0 saturated carbocycles. The number of nitrogens with zero attached hydrogens (tertiary/aromatic N) is 2. The average Bonchev–Trinajstić information content (AvgIpc) is 2.41. The van der Waals surface area contributed by atoms with Gasteiger partial charge >= 0.3 is 0 Å². The molecule has 1 unspecified atom stereocenters. The molecule has 102 valence electrons. The second-order valence-corrected chi connectivity index (χ2v) is 3.99. The van der Waals surface area contributed by atoms with Crippen LogP contribution in [0.15, 0.2) is 36.7 Å². The molecule has 2 heterocycles. The summed E-state index contributed by atoms with van der Waals surface area (Å²) in [6.45, 7) is 7.97. The van der Waals surface area contributed by atoms with Gasteiger partial charge in [-0.1, -0.05) is 13.8 Å². The lowest BCUT2D eigenvalue weighted by Gasteiger charge is -2.14. The second kappa shape index (κ2) is 7.46. The molecular weight excluding hydrogens is 241 g/mol. The first-order chi connectivity index (χ1) is 9.15. The van der Waals surface area contributed by atoms with Crippen LogP contribution in [0.4, 0.5) is 10.2 Å². The largest absolute Gasteiger partial charge is 0.362 e. The Hall–Kier alpha value is -1.97. The summed E-state index contributed by atoms with van der Waals surface area (Å²) >= 11 is 0. The fourth-order valence-corrected chi connectivity index (χ4v) is 1.55. The van der Waals surface area contributed by atoms with E-state index in [0.717, 1.165) is 17.1 Å². The van der Waals surface area contributed by atoms with Gasteiger partial charge in [-0.3, -0.25) is 4.98 Å². The van der Waals surface area contributed by atoms with Crippen LogP contribution in [-0.2, 0) is 0 Å². The predicted molar refractivity (Wildman–Crippen MR) is 76.6 cm³/mol. The predicted octanol–water partition coefficient (Wildman–Crippen LogP) is 4.12. The maximum atomic E-state index is 12.7. The summed E-state index contributed by atoms with van der Waals surface area (Å²) in [5.41, 5.74) is 1.93. The van der Waals surface area contributed by atoms with Crippen molar-refractivity contribution in [2.45, 2.75) is 33.7 Å². The number of pyridine rings is 2. The lowest BCUT2D eigenvalue weighted by molar-refractivity contribution is 0.617. The van der Waals surface area contributed by atoms with Gasteiger partial charge in [0.25, 0.3) is 0 Å². The summed E-state index contributed by atoms with van der Waals surface area (Å²) < 4.78 is 12.7. The maximum Gasteiger partial charge on any atom is 0.141 e. The number of hydrogen-bond acceptors (Lipinski definition) is 3. The minimum Gasteiger partial charge on any atom is -0.362 e. The van der Waals surface area contributed by atoms with Crippen molar-refractivity contribution in [2.24, 2.45) is 0 Å². The zero-order chi connectivity index (χ0) is 14.3. The third-order valence-corrected chi connectivity index (χ3v) is 2.47. The standard InChI is InChI=1S/C13H14FN3.C2H6/c1-9-5-6-15-13(7-9)17-10(2)12-4-3-11(14)8-16-12;1-2/h3-8,10H,1-2H3,(H,15,17);1-2H3. The van der Waals surface area contributed by atoms with E-state index in [0.29, 0.717) is 0 Å². The van der Waals surface area contributed by atoms with E-state index in [2.05, 4.69) is 15.3 Å². The molecule has 0 bridgehead atoms.